The van der Waals surface area contributed by atoms with Crippen molar-refractivity contribution in [1.82, 2.24) is 9.88 Å². The first-order valence-electron chi connectivity index (χ1n) is 8.00. The van der Waals surface area contributed by atoms with Crippen molar-refractivity contribution < 1.29 is 14.3 Å². The number of carboxylic acids is 1. The van der Waals surface area contributed by atoms with Gasteiger partial charge in [-0.1, -0.05) is 36.0 Å². The SMILES string of the molecule is Cc1ccc2nc(-c3ccccc3F)cc(C(=S)N(C)CC(=O)O)c2c1. The van der Waals surface area contributed by atoms with Crippen molar-refractivity contribution in [1.29, 1.82) is 0 Å². The Morgan fingerprint density at radius 3 is 2.65 bits per heavy atom. The van der Waals surface area contributed by atoms with Crippen molar-refractivity contribution in [3.05, 3.63) is 65.5 Å². The van der Waals surface area contributed by atoms with Crippen LogP contribution in [0.2, 0.25) is 0 Å². The number of aryl methyl sites for hydroxylation is 1. The van der Waals surface area contributed by atoms with E-state index >= 15 is 0 Å². The molecule has 1 N–H and O–H groups in total. The topological polar surface area (TPSA) is 53.4 Å². The first kappa shape index (κ1) is 17.9. The molecule has 0 amide bonds. The lowest BCUT2D eigenvalue weighted by molar-refractivity contribution is -0.137. The monoisotopic (exact) mass is 368 g/mol. The van der Waals surface area contributed by atoms with Gasteiger partial charge in [-0.05, 0) is 37.3 Å². The first-order chi connectivity index (χ1) is 12.4. The van der Waals surface area contributed by atoms with Crippen molar-refractivity contribution in [3.63, 3.8) is 0 Å². The number of fused-ring (bicyclic) bond motifs is 1. The molecular formula is C20H17FN2O2S. The normalized spacial score (nSPS) is 10.7. The number of hydrogen-bond acceptors (Lipinski definition) is 3. The summed E-state index contributed by atoms with van der Waals surface area (Å²) in [6.45, 7) is 1.74. The average Bonchev–Trinajstić information content (AvgIpc) is 2.60. The summed E-state index contributed by atoms with van der Waals surface area (Å²) in [5, 5.41) is 9.86. The van der Waals surface area contributed by atoms with Gasteiger partial charge in [0.25, 0.3) is 0 Å². The Labute approximate surface area is 155 Å². The van der Waals surface area contributed by atoms with E-state index in [0.717, 1.165) is 10.9 Å². The zero-order valence-corrected chi connectivity index (χ0v) is 15.2. The maximum Gasteiger partial charge on any atom is 0.323 e. The summed E-state index contributed by atoms with van der Waals surface area (Å²) >= 11 is 5.52. The van der Waals surface area contributed by atoms with E-state index in [0.29, 0.717) is 27.3 Å². The minimum atomic E-state index is -0.973. The van der Waals surface area contributed by atoms with E-state index in [1.807, 2.05) is 25.1 Å². The molecule has 26 heavy (non-hydrogen) atoms. The maximum atomic E-state index is 14.2. The number of carbonyl (C=O) groups is 1. The number of aliphatic carboxylic acids is 1. The third kappa shape index (κ3) is 3.55. The van der Waals surface area contributed by atoms with Crippen LogP contribution in [0.3, 0.4) is 0 Å². The van der Waals surface area contributed by atoms with Gasteiger partial charge in [0.1, 0.15) is 17.4 Å². The summed E-state index contributed by atoms with van der Waals surface area (Å²) in [6.07, 6.45) is 0. The highest BCUT2D eigenvalue weighted by molar-refractivity contribution is 7.80. The third-order valence-electron chi connectivity index (χ3n) is 4.06. The van der Waals surface area contributed by atoms with Gasteiger partial charge in [-0.3, -0.25) is 4.79 Å². The Kier molecular flexibility index (Phi) is 4.95. The van der Waals surface area contributed by atoms with Crippen LogP contribution in [0.15, 0.2) is 48.5 Å². The van der Waals surface area contributed by atoms with E-state index in [-0.39, 0.29) is 12.4 Å². The third-order valence-corrected chi connectivity index (χ3v) is 4.60. The van der Waals surface area contributed by atoms with Gasteiger partial charge in [0.2, 0.25) is 0 Å². The predicted octanol–water partition coefficient (Wildman–Crippen LogP) is 4.04. The molecule has 0 aliphatic heterocycles. The van der Waals surface area contributed by atoms with Crippen LogP contribution in [-0.4, -0.2) is 39.5 Å². The molecule has 0 aliphatic rings. The molecule has 132 valence electrons. The highest BCUT2D eigenvalue weighted by atomic mass is 32.1. The molecule has 0 unspecified atom stereocenters. The second-order valence-electron chi connectivity index (χ2n) is 6.11. The van der Waals surface area contributed by atoms with Crippen LogP contribution in [0.25, 0.3) is 22.2 Å². The number of hydrogen-bond donors (Lipinski definition) is 1. The van der Waals surface area contributed by atoms with Crippen LogP contribution in [0.5, 0.6) is 0 Å². The van der Waals surface area contributed by atoms with Crippen molar-refractivity contribution in [2.24, 2.45) is 0 Å². The van der Waals surface area contributed by atoms with Gasteiger partial charge in [0, 0.05) is 23.6 Å². The molecule has 0 fully saturated rings. The Bertz CT molecular complexity index is 1020. The fourth-order valence-corrected chi connectivity index (χ4v) is 3.04. The molecule has 1 aromatic heterocycles. The van der Waals surface area contributed by atoms with Crippen LogP contribution in [0, 0.1) is 12.7 Å². The molecule has 1 heterocycles. The summed E-state index contributed by atoms with van der Waals surface area (Å²) in [6, 6.07) is 13.9. The highest BCUT2D eigenvalue weighted by Crippen LogP contribution is 2.28. The molecule has 0 saturated heterocycles. The molecular weight excluding hydrogens is 351 g/mol. The smallest absolute Gasteiger partial charge is 0.323 e. The molecule has 0 aliphatic carbocycles. The number of aromatic nitrogens is 1. The largest absolute Gasteiger partial charge is 0.480 e. The number of halogens is 1. The number of nitrogens with zero attached hydrogens (tertiary/aromatic N) is 2. The summed E-state index contributed by atoms with van der Waals surface area (Å²) in [5.41, 5.74) is 3.21. The summed E-state index contributed by atoms with van der Waals surface area (Å²) in [5.74, 6) is -1.35. The Balaban J connectivity index is 2.22. The van der Waals surface area contributed by atoms with Gasteiger partial charge in [-0.25, -0.2) is 9.37 Å². The molecule has 0 saturated carbocycles. The van der Waals surface area contributed by atoms with Gasteiger partial charge in [-0.2, -0.15) is 0 Å². The second kappa shape index (κ2) is 7.17. The summed E-state index contributed by atoms with van der Waals surface area (Å²) in [4.78, 5) is 17.5. The lowest BCUT2D eigenvalue weighted by atomic mass is 10.0. The van der Waals surface area contributed by atoms with Gasteiger partial charge in [-0.15, -0.1) is 0 Å². The van der Waals surface area contributed by atoms with Crippen LogP contribution in [-0.2, 0) is 4.79 Å². The number of pyridine rings is 1. The number of benzene rings is 2. The summed E-state index contributed by atoms with van der Waals surface area (Å²) < 4.78 is 14.2. The fraction of sp³-hybridized carbons (Fsp3) is 0.150. The van der Waals surface area contributed by atoms with E-state index in [9.17, 15) is 9.18 Å². The van der Waals surface area contributed by atoms with Crippen LogP contribution in [0.4, 0.5) is 4.39 Å². The second-order valence-corrected chi connectivity index (χ2v) is 6.50. The predicted molar refractivity (Wildman–Crippen MR) is 104 cm³/mol. The van der Waals surface area contributed by atoms with E-state index in [1.165, 1.54) is 11.0 Å². The molecule has 3 aromatic rings. The number of carboxylic acid groups (broad SMARTS) is 1. The minimum absolute atomic E-state index is 0.219. The number of rotatable bonds is 4. The molecule has 0 bridgehead atoms. The molecule has 0 atom stereocenters. The van der Waals surface area contributed by atoms with E-state index < -0.39 is 5.97 Å². The van der Waals surface area contributed by atoms with E-state index in [4.69, 9.17) is 17.3 Å². The lowest BCUT2D eigenvalue weighted by Gasteiger charge is -2.20. The maximum absolute atomic E-state index is 14.2. The van der Waals surface area contributed by atoms with E-state index in [1.54, 1.807) is 31.3 Å². The Hall–Kier alpha value is -2.86. The molecule has 4 nitrogen and oxygen atoms in total. The van der Waals surface area contributed by atoms with Crippen LogP contribution in [0.1, 0.15) is 11.1 Å². The van der Waals surface area contributed by atoms with Gasteiger partial charge in [0.15, 0.2) is 0 Å². The van der Waals surface area contributed by atoms with Crippen molar-refractivity contribution >= 4 is 34.1 Å². The zero-order chi connectivity index (χ0) is 18.8. The Morgan fingerprint density at radius 2 is 1.96 bits per heavy atom. The van der Waals surface area contributed by atoms with Gasteiger partial charge >= 0.3 is 5.97 Å². The molecule has 6 heteroatoms. The van der Waals surface area contributed by atoms with Gasteiger partial charge in [0.05, 0.1) is 11.2 Å². The average molecular weight is 368 g/mol. The number of likely N-dealkylation sites (N-methyl/N-ethyl adjacent to an activating group) is 1. The Morgan fingerprint density at radius 1 is 1.23 bits per heavy atom. The highest BCUT2D eigenvalue weighted by Gasteiger charge is 2.17. The van der Waals surface area contributed by atoms with Crippen LogP contribution >= 0.6 is 12.2 Å². The van der Waals surface area contributed by atoms with Crippen molar-refractivity contribution in [2.45, 2.75) is 6.92 Å². The van der Waals surface area contributed by atoms with Crippen molar-refractivity contribution in [3.8, 4) is 11.3 Å². The standard InChI is InChI=1S/C20H17FN2O2S/c1-12-7-8-17-14(9-12)15(20(26)23(2)11-19(24)25)10-18(22-17)13-5-3-4-6-16(13)21/h3-10H,11H2,1-2H3,(H,24,25). The fourth-order valence-electron chi connectivity index (χ4n) is 2.80. The minimum Gasteiger partial charge on any atom is -0.480 e. The van der Waals surface area contributed by atoms with Crippen LogP contribution < -0.4 is 0 Å². The quantitative estimate of drug-likeness (QED) is 0.705. The molecule has 0 spiro atoms. The van der Waals surface area contributed by atoms with Gasteiger partial charge < -0.3 is 10.0 Å². The first-order valence-corrected chi connectivity index (χ1v) is 8.41. The number of thiocarbonyl (C=S) groups is 1. The van der Waals surface area contributed by atoms with E-state index in [2.05, 4.69) is 4.98 Å². The van der Waals surface area contributed by atoms with Crippen molar-refractivity contribution in [2.75, 3.05) is 13.6 Å². The molecule has 2 aromatic carbocycles. The molecule has 0 radical (unpaired) electrons. The molecule has 3 rings (SSSR count). The lowest BCUT2D eigenvalue weighted by Crippen LogP contribution is -2.31. The summed E-state index contributed by atoms with van der Waals surface area (Å²) in [7, 11) is 1.63. The zero-order valence-electron chi connectivity index (χ0n) is 14.4.